The molecule has 0 aliphatic rings. The zero-order chi connectivity index (χ0) is 20.8. The third-order valence-electron chi connectivity index (χ3n) is 4.52. The second-order valence-corrected chi connectivity index (χ2v) is 6.55. The predicted octanol–water partition coefficient (Wildman–Crippen LogP) is 4.13. The predicted molar refractivity (Wildman–Crippen MR) is 111 cm³/mol. The van der Waals surface area contributed by atoms with Gasteiger partial charge < -0.3 is 9.64 Å². The van der Waals surface area contributed by atoms with Crippen molar-refractivity contribution >= 4 is 23.3 Å². The molecule has 0 radical (unpaired) electrons. The highest BCUT2D eigenvalue weighted by Gasteiger charge is 2.23. The van der Waals surface area contributed by atoms with Crippen molar-refractivity contribution in [2.75, 3.05) is 11.9 Å². The van der Waals surface area contributed by atoms with Crippen LogP contribution in [0.2, 0.25) is 0 Å². The van der Waals surface area contributed by atoms with E-state index in [-0.39, 0.29) is 17.3 Å². The van der Waals surface area contributed by atoms with E-state index in [0.717, 1.165) is 0 Å². The molecule has 5 heteroatoms. The van der Waals surface area contributed by atoms with Gasteiger partial charge in [-0.2, -0.15) is 0 Å². The molecule has 0 aromatic heterocycles. The third-order valence-corrected chi connectivity index (χ3v) is 4.52. The van der Waals surface area contributed by atoms with Gasteiger partial charge in [0.15, 0.2) is 11.9 Å². The molecule has 0 saturated carbocycles. The number of ether oxygens (including phenoxy) is 1. The molecule has 5 nitrogen and oxygen atoms in total. The van der Waals surface area contributed by atoms with Crippen molar-refractivity contribution in [1.29, 1.82) is 0 Å². The fraction of sp³-hybridized carbons (Fsp3) is 0.125. The Morgan fingerprint density at radius 1 is 0.724 bits per heavy atom. The number of hydrogen-bond donors (Lipinski definition) is 0. The van der Waals surface area contributed by atoms with Crippen molar-refractivity contribution in [3.63, 3.8) is 0 Å². The van der Waals surface area contributed by atoms with Crippen molar-refractivity contribution in [2.24, 2.45) is 0 Å². The van der Waals surface area contributed by atoms with Gasteiger partial charge in [-0.25, -0.2) is 4.79 Å². The monoisotopic (exact) mass is 387 g/mol. The molecule has 3 aromatic rings. The van der Waals surface area contributed by atoms with Gasteiger partial charge >= 0.3 is 5.97 Å². The number of carbonyl (C=O) groups is 3. The number of rotatable bonds is 6. The van der Waals surface area contributed by atoms with E-state index < -0.39 is 12.1 Å². The largest absolute Gasteiger partial charge is 0.449 e. The highest BCUT2D eigenvalue weighted by molar-refractivity contribution is 6.09. The Balaban J connectivity index is 1.64. The van der Waals surface area contributed by atoms with E-state index in [9.17, 15) is 14.4 Å². The first-order valence-corrected chi connectivity index (χ1v) is 9.21. The van der Waals surface area contributed by atoms with E-state index in [4.69, 9.17) is 4.74 Å². The zero-order valence-corrected chi connectivity index (χ0v) is 16.2. The first-order chi connectivity index (χ1) is 14.0. The molecule has 0 spiro atoms. The van der Waals surface area contributed by atoms with Crippen LogP contribution in [-0.4, -0.2) is 30.8 Å². The lowest BCUT2D eigenvalue weighted by atomic mass is 10.0. The van der Waals surface area contributed by atoms with Gasteiger partial charge in [-0.1, -0.05) is 60.7 Å². The van der Waals surface area contributed by atoms with Crippen LogP contribution in [0.15, 0.2) is 84.9 Å². The van der Waals surface area contributed by atoms with Gasteiger partial charge in [0.25, 0.3) is 5.91 Å². The molecular formula is C24H21NO4. The average Bonchev–Trinajstić information content (AvgIpc) is 2.78. The van der Waals surface area contributed by atoms with Crippen LogP contribution >= 0.6 is 0 Å². The Morgan fingerprint density at radius 2 is 1.21 bits per heavy atom. The summed E-state index contributed by atoms with van der Waals surface area (Å²) in [6, 6.07) is 24.2. The Morgan fingerprint density at radius 3 is 1.79 bits per heavy atom. The molecule has 0 heterocycles. The second-order valence-electron chi connectivity index (χ2n) is 6.55. The van der Waals surface area contributed by atoms with Gasteiger partial charge in [-0.05, 0) is 31.2 Å². The highest BCUT2D eigenvalue weighted by atomic mass is 16.5. The SMILES string of the molecule is C[C@H](OC(=O)c1ccc(C(=O)c2ccccc2)cc1)C(=O)N(C)c1ccccc1. The van der Waals surface area contributed by atoms with Crippen molar-refractivity contribution in [3.05, 3.63) is 102 Å². The Bertz CT molecular complexity index is 998. The summed E-state index contributed by atoms with van der Waals surface area (Å²) < 4.78 is 5.31. The molecule has 0 unspecified atom stereocenters. The maximum absolute atomic E-state index is 12.5. The number of para-hydroxylation sites is 1. The van der Waals surface area contributed by atoms with Crippen LogP contribution < -0.4 is 4.90 Å². The van der Waals surface area contributed by atoms with Crippen LogP contribution in [0.1, 0.15) is 33.2 Å². The molecule has 3 aromatic carbocycles. The summed E-state index contributed by atoms with van der Waals surface area (Å²) in [4.78, 5) is 38.8. The number of hydrogen-bond acceptors (Lipinski definition) is 4. The van der Waals surface area contributed by atoms with Crippen LogP contribution in [-0.2, 0) is 9.53 Å². The lowest BCUT2D eigenvalue weighted by Gasteiger charge is -2.21. The summed E-state index contributed by atoms with van der Waals surface area (Å²) in [6.07, 6.45) is -0.946. The molecule has 1 amide bonds. The summed E-state index contributed by atoms with van der Waals surface area (Å²) in [5, 5.41) is 0. The lowest BCUT2D eigenvalue weighted by Crippen LogP contribution is -2.37. The fourth-order valence-electron chi connectivity index (χ4n) is 2.84. The molecule has 1 atom stereocenters. The van der Waals surface area contributed by atoms with E-state index >= 15 is 0 Å². The van der Waals surface area contributed by atoms with Crippen LogP contribution in [0, 0.1) is 0 Å². The maximum atomic E-state index is 12.5. The Kier molecular flexibility index (Phi) is 6.19. The number of likely N-dealkylation sites (N-methyl/N-ethyl adjacent to an activating group) is 1. The number of amides is 1. The summed E-state index contributed by atoms with van der Waals surface area (Å²) >= 11 is 0. The van der Waals surface area contributed by atoms with E-state index in [2.05, 4.69) is 0 Å². The number of benzene rings is 3. The third kappa shape index (κ3) is 4.76. The van der Waals surface area contributed by atoms with Crippen LogP contribution in [0.4, 0.5) is 5.69 Å². The molecular weight excluding hydrogens is 366 g/mol. The molecule has 0 bridgehead atoms. The van der Waals surface area contributed by atoms with Crippen molar-refractivity contribution in [2.45, 2.75) is 13.0 Å². The van der Waals surface area contributed by atoms with E-state index in [1.165, 1.54) is 24.0 Å². The minimum atomic E-state index is -0.946. The molecule has 0 fully saturated rings. The van der Waals surface area contributed by atoms with E-state index in [1.54, 1.807) is 55.6 Å². The van der Waals surface area contributed by atoms with E-state index in [0.29, 0.717) is 16.8 Å². The Labute approximate surface area is 169 Å². The molecule has 0 saturated heterocycles. The quantitative estimate of drug-likeness (QED) is 0.471. The fourth-order valence-corrected chi connectivity index (χ4v) is 2.84. The molecule has 0 aliphatic heterocycles. The van der Waals surface area contributed by atoms with Gasteiger partial charge in [-0.3, -0.25) is 9.59 Å². The van der Waals surface area contributed by atoms with Crippen molar-refractivity contribution in [1.82, 2.24) is 0 Å². The summed E-state index contributed by atoms with van der Waals surface area (Å²) in [5.41, 5.74) is 2.03. The highest BCUT2D eigenvalue weighted by Crippen LogP contribution is 2.15. The minimum absolute atomic E-state index is 0.126. The number of esters is 1. The summed E-state index contributed by atoms with van der Waals surface area (Å²) in [6.45, 7) is 1.53. The minimum Gasteiger partial charge on any atom is -0.449 e. The molecule has 3 rings (SSSR count). The van der Waals surface area contributed by atoms with Crippen LogP contribution in [0.5, 0.6) is 0 Å². The van der Waals surface area contributed by atoms with Gasteiger partial charge in [0.2, 0.25) is 0 Å². The zero-order valence-electron chi connectivity index (χ0n) is 16.2. The van der Waals surface area contributed by atoms with Gasteiger partial charge in [0.05, 0.1) is 5.56 Å². The smallest absolute Gasteiger partial charge is 0.338 e. The Hall–Kier alpha value is -3.73. The number of nitrogens with zero attached hydrogens (tertiary/aromatic N) is 1. The average molecular weight is 387 g/mol. The summed E-state index contributed by atoms with van der Waals surface area (Å²) in [5.74, 6) is -1.08. The molecule has 0 N–H and O–H groups in total. The normalized spacial score (nSPS) is 11.4. The van der Waals surface area contributed by atoms with Crippen molar-refractivity contribution in [3.8, 4) is 0 Å². The van der Waals surface area contributed by atoms with Crippen LogP contribution in [0.3, 0.4) is 0 Å². The maximum Gasteiger partial charge on any atom is 0.338 e. The summed E-state index contributed by atoms with van der Waals surface area (Å²) in [7, 11) is 1.63. The number of ketones is 1. The van der Waals surface area contributed by atoms with Gasteiger partial charge in [0, 0.05) is 23.9 Å². The van der Waals surface area contributed by atoms with Gasteiger partial charge in [0.1, 0.15) is 0 Å². The first kappa shape index (κ1) is 20.0. The first-order valence-electron chi connectivity index (χ1n) is 9.21. The standard InChI is InChI=1S/C24H21NO4/c1-17(23(27)25(2)21-11-7-4-8-12-21)29-24(28)20-15-13-19(14-16-20)22(26)18-9-5-3-6-10-18/h3-17H,1-2H3/t17-/m0/s1. The van der Waals surface area contributed by atoms with Crippen LogP contribution in [0.25, 0.3) is 0 Å². The molecule has 29 heavy (non-hydrogen) atoms. The molecule has 0 aliphatic carbocycles. The topological polar surface area (TPSA) is 63.7 Å². The number of carbonyl (C=O) groups excluding carboxylic acids is 3. The van der Waals surface area contributed by atoms with Crippen molar-refractivity contribution < 1.29 is 19.1 Å². The lowest BCUT2D eigenvalue weighted by molar-refractivity contribution is -0.126. The van der Waals surface area contributed by atoms with E-state index in [1.807, 2.05) is 24.3 Å². The van der Waals surface area contributed by atoms with Gasteiger partial charge in [-0.15, -0.1) is 0 Å². The number of anilines is 1. The second kappa shape index (κ2) is 8.97. The molecule has 146 valence electrons.